The van der Waals surface area contributed by atoms with Gasteiger partial charge in [0.15, 0.2) is 0 Å². The first-order chi connectivity index (χ1) is 12.7. The van der Waals surface area contributed by atoms with Crippen LogP contribution in [0.15, 0.2) is 71.3 Å². The van der Waals surface area contributed by atoms with E-state index in [1.54, 1.807) is 6.07 Å². The lowest BCUT2D eigenvalue weighted by Crippen LogP contribution is -2.23. The van der Waals surface area contributed by atoms with Gasteiger partial charge in [-0.1, -0.05) is 53.7 Å². The molecule has 2 aromatic heterocycles. The summed E-state index contributed by atoms with van der Waals surface area (Å²) in [6, 6.07) is 21.1. The molecule has 0 atom stereocenters. The number of hydrogen-bond acceptors (Lipinski definition) is 4. The van der Waals surface area contributed by atoms with Gasteiger partial charge in [0.05, 0.1) is 23.3 Å². The Labute approximate surface area is 150 Å². The minimum absolute atomic E-state index is 0.165. The fourth-order valence-corrected chi connectivity index (χ4v) is 2.89. The molecule has 26 heavy (non-hydrogen) atoms. The van der Waals surface area contributed by atoms with Gasteiger partial charge in [-0.15, -0.1) is 0 Å². The SMILES string of the molecule is Cc1cc(CNC(=O)c2cc(-c3ccccc3)nc3ccccc23)no1. The second-order valence-corrected chi connectivity index (χ2v) is 6.05. The van der Waals surface area contributed by atoms with Crippen molar-refractivity contribution in [3.63, 3.8) is 0 Å². The van der Waals surface area contributed by atoms with Gasteiger partial charge in [-0.3, -0.25) is 4.79 Å². The van der Waals surface area contributed by atoms with Crippen LogP contribution in [-0.2, 0) is 6.54 Å². The van der Waals surface area contributed by atoms with Crippen LogP contribution in [-0.4, -0.2) is 16.0 Å². The van der Waals surface area contributed by atoms with E-state index < -0.39 is 0 Å². The highest BCUT2D eigenvalue weighted by Gasteiger charge is 2.14. The number of carbonyl (C=O) groups is 1. The van der Waals surface area contributed by atoms with Crippen molar-refractivity contribution in [3.05, 3.63) is 83.7 Å². The molecule has 4 rings (SSSR count). The summed E-state index contributed by atoms with van der Waals surface area (Å²) in [6.45, 7) is 2.13. The lowest BCUT2D eigenvalue weighted by molar-refractivity contribution is 0.0951. The van der Waals surface area contributed by atoms with E-state index >= 15 is 0 Å². The van der Waals surface area contributed by atoms with Gasteiger partial charge < -0.3 is 9.84 Å². The first-order valence-electron chi connectivity index (χ1n) is 8.36. The predicted molar refractivity (Wildman–Crippen MR) is 99.6 cm³/mol. The number of para-hydroxylation sites is 1. The maximum Gasteiger partial charge on any atom is 0.252 e. The van der Waals surface area contributed by atoms with Crippen molar-refractivity contribution >= 4 is 16.8 Å². The van der Waals surface area contributed by atoms with Crippen molar-refractivity contribution in [1.82, 2.24) is 15.5 Å². The summed E-state index contributed by atoms with van der Waals surface area (Å²) in [7, 11) is 0. The largest absolute Gasteiger partial charge is 0.361 e. The molecule has 0 fully saturated rings. The van der Waals surface area contributed by atoms with Crippen LogP contribution in [0.4, 0.5) is 0 Å². The molecular weight excluding hydrogens is 326 g/mol. The van der Waals surface area contributed by atoms with Crippen LogP contribution in [0.25, 0.3) is 22.2 Å². The molecule has 5 nitrogen and oxygen atoms in total. The molecule has 0 aliphatic rings. The van der Waals surface area contributed by atoms with Crippen LogP contribution in [0.5, 0.6) is 0 Å². The molecule has 1 N–H and O–H groups in total. The zero-order valence-electron chi connectivity index (χ0n) is 14.3. The van der Waals surface area contributed by atoms with Gasteiger partial charge in [0.1, 0.15) is 11.5 Å². The fraction of sp³-hybridized carbons (Fsp3) is 0.0952. The standard InChI is InChI=1S/C21H17N3O2/c1-14-11-16(24-26-14)13-22-21(25)18-12-20(15-7-3-2-4-8-15)23-19-10-6-5-9-17(18)19/h2-12H,13H2,1H3,(H,22,25). The Morgan fingerprint density at radius 2 is 1.81 bits per heavy atom. The Kier molecular flexibility index (Phi) is 4.19. The second-order valence-electron chi connectivity index (χ2n) is 6.05. The number of nitrogens with one attached hydrogen (secondary N) is 1. The average molecular weight is 343 g/mol. The monoisotopic (exact) mass is 343 g/mol. The van der Waals surface area contributed by atoms with Crippen LogP contribution >= 0.6 is 0 Å². The average Bonchev–Trinajstić information content (AvgIpc) is 3.11. The number of nitrogens with zero attached hydrogens (tertiary/aromatic N) is 2. The van der Waals surface area contributed by atoms with Crippen molar-refractivity contribution in [2.45, 2.75) is 13.5 Å². The van der Waals surface area contributed by atoms with Crippen LogP contribution in [0.3, 0.4) is 0 Å². The van der Waals surface area contributed by atoms with Gasteiger partial charge in [0.2, 0.25) is 0 Å². The van der Waals surface area contributed by atoms with Gasteiger partial charge in [-0.25, -0.2) is 4.98 Å². The van der Waals surface area contributed by atoms with E-state index in [0.29, 0.717) is 17.8 Å². The third-order valence-corrected chi connectivity index (χ3v) is 4.14. The molecular formula is C21H17N3O2. The lowest BCUT2D eigenvalue weighted by atomic mass is 10.0. The maximum atomic E-state index is 12.8. The second kappa shape index (κ2) is 6.80. The minimum atomic E-state index is -0.165. The molecule has 4 aromatic rings. The topological polar surface area (TPSA) is 68.0 Å². The summed E-state index contributed by atoms with van der Waals surface area (Å²) in [5.41, 5.74) is 3.81. The summed E-state index contributed by atoms with van der Waals surface area (Å²) in [5, 5.41) is 7.64. The molecule has 0 unspecified atom stereocenters. The van der Waals surface area contributed by atoms with E-state index in [0.717, 1.165) is 27.9 Å². The van der Waals surface area contributed by atoms with E-state index in [9.17, 15) is 4.79 Å². The van der Waals surface area contributed by atoms with E-state index in [-0.39, 0.29) is 5.91 Å². The summed E-state index contributed by atoms with van der Waals surface area (Å²) in [5.74, 6) is 0.552. The summed E-state index contributed by atoms with van der Waals surface area (Å²) in [4.78, 5) is 17.5. The van der Waals surface area contributed by atoms with E-state index in [4.69, 9.17) is 9.51 Å². The van der Waals surface area contributed by atoms with Gasteiger partial charge in [-0.05, 0) is 19.1 Å². The molecule has 2 heterocycles. The summed E-state index contributed by atoms with van der Waals surface area (Å²) < 4.78 is 5.04. The van der Waals surface area contributed by atoms with Gasteiger partial charge in [0.25, 0.3) is 5.91 Å². The highest BCUT2D eigenvalue weighted by Crippen LogP contribution is 2.24. The molecule has 5 heteroatoms. The number of fused-ring (bicyclic) bond motifs is 1. The smallest absolute Gasteiger partial charge is 0.252 e. The van der Waals surface area contributed by atoms with Crippen molar-refractivity contribution in [1.29, 1.82) is 0 Å². The first kappa shape index (κ1) is 16.0. The Hall–Kier alpha value is -3.47. The van der Waals surface area contributed by atoms with E-state index in [2.05, 4.69) is 10.5 Å². The summed E-state index contributed by atoms with van der Waals surface area (Å²) in [6.07, 6.45) is 0. The molecule has 1 amide bonds. The van der Waals surface area contributed by atoms with Gasteiger partial charge in [-0.2, -0.15) is 0 Å². The molecule has 0 spiro atoms. The molecule has 0 saturated carbocycles. The highest BCUT2D eigenvalue weighted by molar-refractivity contribution is 6.07. The zero-order valence-corrected chi connectivity index (χ0v) is 14.3. The third-order valence-electron chi connectivity index (χ3n) is 4.14. The highest BCUT2D eigenvalue weighted by atomic mass is 16.5. The van der Waals surface area contributed by atoms with Crippen molar-refractivity contribution in [3.8, 4) is 11.3 Å². The molecule has 0 radical (unpaired) electrons. The van der Waals surface area contributed by atoms with Gasteiger partial charge in [0, 0.05) is 17.0 Å². The Balaban J connectivity index is 1.71. The Morgan fingerprint density at radius 3 is 2.58 bits per heavy atom. The van der Waals surface area contributed by atoms with Crippen LogP contribution in [0.1, 0.15) is 21.8 Å². The number of rotatable bonds is 4. The zero-order chi connectivity index (χ0) is 17.9. The number of amides is 1. The molecule has 2 aromatic carbocycles. The molecule has 0 bridgehead atoms. The van der Waals surface area contributed by atoms with Crippen LogP contribution < -0.4 is 5.32 Å². The number of carbonyl (C=O) groups excluding carboxylic acids is 1. The first-order valence-corrected chi connectivity index (χ1v) is 8.36. The molecule has 0 aliphatic carbocycles. The molecule has 0 aliphatic heterocycles. The third kappa shape index (κ3) is 3.19. The van der Waals surface area contributed by atoms with Gasteiger partial charge >= 0.3 is 0 Å². The number of pyridine rings is 1. The van der Waals surface area contributed by atoms with Crippen LogP contribution in [0.2, 0.25) is 0 Å². The number of aryl methyl sites for hydroxylation is 1. The Morgan fingerprint density at radius 1 is 1.04 bits per heavy atom. The number of benzene rings is 2. The quantitative estimate of drug-likeness (QED) is 0.605. The molecule has 0 saturated heterocycles. The predicted octanol–water partition coefficient (Wildman–Crippen LogP) is 4.13. The summed E-state index contributed by atoms with van der Waals surface area (Å²) >= 11 is 0. The maximum absolute atomic E-state index is 12.8. The normalized spacial score (nSPS) is 10.8. The minimum Gasteiger partial charge on any atom is -0.361 e. The van der Waals surface area contributed by atoms with Crippen molar-refractivity contribution in [2.75, 3.05) is 0 Å². The lowest BCUT2D eigenvalue weighted by Gasteiger charge is -2.10. The van der Waals surface area contributed by atoms with Crippen molar-refractivity contribution < 1.29 is 9.32 Å². The van der Waals surface area contributed by atoms with Crippen molar-refractivity contribution in [2.24, 2.45) is 0 Å². The van der Waals surface area contributed by atoms with E-state index in [1.165, 1.54) is 0 Å². The molecule has 128 valence electrons. The van der Waals surface area contributed by atoms with E-state index in [1.807, 2.05) is 67.6 Å². The number of hydrogen-bond donors (Lipinski definition) is 1. The van der Waals surface area contributed by atoms with Crippen LogP contribution in [0, 0.1) is 6.92 Å². The fourth-order valence-electron chi connectivity index (χ4n) is 2.89. The number of aromatic nitrogens is 2. The Bertz CT molecular complexity index is 1070.